The fourth-order valence-corrected chi connectivity index (χ4v) is 3.05. The van der Waals surface area contributed by atoms with E-state index in [0.29, 0.717) is 0 Å². The van der Waals surface area contributed by atoms with Gasteiger partial charge in [0.25, 0.3) is 0 Å². The molecule has 1 N–H and O–H groups in total. The maximum Gasteiger partial charge on any atom is 0.183 e. The van der Waals surface area contributed by atoms with Crippen LogP contribution in [0.3, 0.4) is 0 Å². The fourth-order valence-electron chi connectivity index (χ4n) is 1.78. The molecule has 0 fully saturated rings. The summed E-state index contributed by atoms with van der Waals surface area (Å²) in [5.74, 6) is 0. The predicted molar refractivity (Wildman–Crippen MR) is 80.3 cm³/mol. The molecule has 0 atom stereocenters. The van der Waals surface area contributed by atoms with Crippen LogP contribution in [0.2, 0.25) is 0 Å². The summed E-state index contributed by atoms with van der Waals surface area (Å²) in [7, 11) is 0. The second-order valence-electron chi connectivity index (χ2n) is 5.39. The highest BCUT2D eigenvalue weighted by Crippen LogP contribution is 2.34. The monoisotopic (exact) mass is 260 g/mol. The summed E-state index contributed by atoms with van der Waals surface area (Å²) in [6, 6.07) is 10.5. The lowest BCUT2D eigenvalue weighted by atomic mass is 10.1. The number of thiazole rings is 1. The Balaban J connectivity index is 2.36. The number of nitrogens with zero attached hydrogens (tertiary/aromatic N) is 1. The summed E-state index contributed by atoms with van der Waals surface area (Å²) >= 11 is 1.74. The van der Waals surface area contributed by atoms with Gasteiger partial charge in [0.05, 0.1) is 10.6 Å². The van der Waals surface area contributed by atoms with Crippen LogP contribution in [0.4, 0.5) is 5.13 Å². The van der Waals surface area contributed by atoms with Gasteiger partial charge in [-0.2, -0.15) is 0 Å². The predicted octanol–water partition coefficient (Wildman–Crippen LogP) is 4.58. The summed E-state index contributed by atoms with van der Waals surface area (Å²) in [5, 5.41) is 4.47. The third-order valence-corrected chi connectivity index (χ3v) is 3.61. The highest BCUT2D eigenvalue weighted by molar-refractivity contribution is 7.19. The van der Waals surface area contributed by atoms with E-state index in [4.69, 9.17) is 4.98 Å². The van der Waals surface area contributed by atoms with Crippen molar-refractivity contribution >= 4 is 16.5 Å². The number of benzene rings is 1. The van der Waals surface area contributed by atoms with E-state index >= 15 is 0 Å². The van der Waals surface area contributed by atoms with Gasteiger partial charge in [-0.25, -0.2) is 4.98 Å². The second-order valence-corrected chi connectivity index (χ2v) is 6.39. The molecule has 0 spiro atoms. The Kier molecular flexibility index (Phi) is 3.71. The van der Waals surface area contributed by atoms with Crippen molar-refractivity contribution in [2.75, 3.05) is 5.32 Å². The van der Waals surface area contributed by atoms with Crippen LogP contribution >= 0.6 is 11.3 Å². The third-order valence-electron chi connectivity index (χ3n) is 2.55. The Morgan fingerprint density at radius 1 is 1.17 bits per heavy atom. The van der Waals surface area contributed by atoms with Gasteiger partial charge in [0, 0.05) is 5.54 Å². The molecule has 1 aromatic heterocycles. The smallest absolute Gasteiger partial charge is 0.183 e. The zero-order valence-corrected chi connectivity index (χ0v) is 12.3. The Morgan fingerprint density at radius 2 is 1.83 bits per heavy atom. The van der Waals surface area contributed by atoms with E-state index < -0.39 is 0 Å². The highest BCUT2D eigenvalue weighted by atomic mass is 32.1. The highest BCUT2D eigenvalue weighted by Gasteiger charge is 2.16. The average molecular weight is 260 g/mol. The van der Waals surface area contributed by atoms with Gasteiger partial charge in [-0.3, -0.25) is 0 Å². The van der Waals surface area contributed by atoms with Crippen molar-refractivity contribution in [3.8, 4) is 10.4 Å². The Bertz CT molecular complexity index is 509. The molecule has 0 aliphatic rings. The number of aromatic nitrogens is 1. The number of hydrogen-bond acceptors (Lipinski definition) is 3. The van der Waals surface area contributed by atoms with Crippen molar-refractivity contribution in [2.24, 2.45) is 0 Å². The van der Waals surface area contributed by atoms with E-state index in [-0.39, 0.29) is 5.54 Å². The lowest BCUT2D eigenvalue weighted by molar-refractivity contribution is 0.633. The zero-order chi connectivity index (χ0) is 13.2. The van der Waals surface area contributed by atoms with Crippen molar-refractivity contribution in [2.45, 2.75) is 39.7 Å². The van der Waals surface area contributed by atoms with E-state index in [1.54, 1.807) is 11.3 Å². The Morgan fingerprint density at radius 3 is 2.39 bits per heavy atom. The molecule has 1 heterocycles. The van der Waals surface area contributed by atoms with Crippen LogP contribution in [0, 0.1) is 0 Å². The van der Waals surface area contributed by atoms with Gasteiger partial charge in [-0.1, -0.05) is 48.6 Å². The van der Waals surface area contributed by atoms with Gasteiger partial charge < -0.3 is 5.32 Å². The maximum absolute atomic E-state index is 4.70. The minimum Gasteiger partial charge on any atom is -0.357 e. The second kappa shape index (κ2) is 5.11. The van der Waals surface area contributed by atoms with Crippen molar-refractivity contribution < 1.29 is 0 Å². The number of nitrogens with one attached hydrogen (secondary N) is 1. The number of rotatable bonds is 3. The summed E-state index contributed by atoms with van der Waals surface area (Å²) in [6.07, 6.45) is 0.965. The van der Waals surface area contributed by atoms with E-state index in [1.807, 2.05) is 6.07 Å². The van der Waals surface area contributed by atoms with Gasteiger partial charge in [0.15, 0.2) is 5.13 Å². The van der Waals surface area contributed by atoms with Gasteiger partial charge in [0.2, 0.25) is 0 Å². The van der Waals surface area contributed by atoms with Crippen LogP contribution in [0.5, 0.6) is 0 Å². The SMILES string of the molecule is CCc1nc(NC(C)(C)C)sc1-c1ccccc1. The average Bonchev–Trinajstić information content (AvgIpc) is 2.71. The van der Waals surface area contributed by atoms with Crippen LogP contribution < -0.4 is 5.32 Å². The number of anilines is 1. The molecule has 0 aliphatic carbocycles. The van der Waals surface area contributed by atoms with E-state index in [1.165, 1.54) is 16.1 Å². The lowest BCUT2D eigenvalue weighted by Gasteiger charge is -2.19. The first-order valence-corrected chi connectivity index (χ1v) is 7.14. The van der Waals surface area contributed by atoms with Gasteiger partial charge in [0.1, 0.15) is 0 Å². The normalized spacial score (nSPS) is 11.6. The quantitative estimate of drug-likeness (QED) is 0.873. The molecule has 0 aliphatic heterocycles. The topological polar surface area (TPSA) is 24.9 Å². The van der Waals surface area contributed by atoms with Crippen LogP contribution in [-0.2, 0) is 6.42 Å². The summed E-state index contributed by atoms with van der Waals surface area (Å²) < 4.78 is 0. The van der Waals surface area contributed by atoms with E-state index in [0.717, 1.165) is 11.6 Å². The van der Waals surface area contributed by atoms with Crippen molar-refractivity contribution in [1.82, 2.24) is 4.98 Å². The molecular formula is C15H20N2S. The van der Waals surface area contributed by atoms with Crippen LogP contribution in [0.1, 0.15) is 33.4 Å². The molecule has 0 saturated carbocycles. The summed E-state index contributed by atoms with van der Waals surface area (Å²) in [4.78, 5) is 5.98. The number of aryl methyl sites for hydroxylation is 1. The molecule has 18 heavy (non-hydrogen) atoms. The Hall–Kier alpha value is -1.35. The molecule has 3 heteroatoms. The van der Waals surface area contributed by atoms with Crippen molar-refractivity contribution in [1.29, 1.82) is 0 Å². The fraction of sp³-hybridized carbons (Fsp3) is 0.400. The molecule has 0 saturated heterocycles. The van der Waals surface area contributed by atoms with Gasteiger partial charge in [-0.05, 0) is 32.8 Å². The first-order chi connectivity index (χ1) is 8.49. The summed E-state index contributed by atoms with van der Waals surface area (Å²) in [6.45, 7) is 8.62. The van der Waals surface area contributed by atoms with Crippen LogP contribution in [0.25, 0.3) is 10.4 Å². The molecule has 0 amide bonds. The molecule has 2 aromatic rings. The minimum absolute atomic E-state index is 0.0524. The molecule has 2 nitrogen and oxygen atoms in total. The van der Waals surface area contributed by atoms with E-state index in [2.05, 4.69) is 57.3 Å². The summed E-state index contributed by atoms with van der Waals surface area (Å²) in [5.41, 5.74) is 2.49. The molecule has 96 valence electrons. The molecule has 0 bridgehead atoms. The molecule has 2 rings (SSSR count). The first kappa shape index (κ1) is 13.1. The standard InChI is InChI=1S/C15H20N2S/c1-5-12-13(11-9-7-6-8-10-11)18-14(16-12)17-15(2,3)4/h6-10H,5H2,1-4H3,(H,16,17). The number of hydrogen-bond donors (Lipinski definition) is 1. The Labute approximate surface area is 113 Å². The van der Waals surface area contributed by atoms with Crippen molar-refractivity contribution in [3.63, 3.8) is 0 Å². The largest absolute Gasteiger partial charge is 0.357 e. The first-order valence-electron chi connectivity index (χ1n) is 6.33. The van der Waals surface area contributed by atoms with Crippen LogP contribution in [0.15, 0.2) is 30.3 Å². The minimum atomic E-state index is 0.0524. The molecule has 1 aromatic carbocycles. The zero-order valence-electron chi connectivity index (χ0n) is 11.4. The third kappa shape index (κ3) is 3.10. The molecule has 0 radical (unpaired) electrons. The van der Waals surface area contributed by atoms with E-state index in [9.17, 15) is 0 Å². The maximum atomic E-state index is 4.70. The molecule has 0 unspecified atom stereocenters. The van der Waals surface area contributed by atoms with Gasteiger partial charge >= 0.3 is 0 Å². The lowest BCUT2D eigenvalue weighted by Crippen LogP contribution is -2.25. The molecular weight excluding hydrogens is 240 g/mol. The van der Waals surface area contributed by atoms with Crippen LogP contribution in [-0.4, -0.2) is 10.5 Å². The van der Waals surface area contributed by atoms with Crippen molar-refractivity contribution in [3.05, 3.63) is 36.0 Å². The van der Waals surface area contributed by atoms with Gasteiger partial charge in [-0.15, -0.1) is 0 Å².